The summed E-state index contributed by atoms with van der Waals surface area (Å²) >= 11 is 0. The number of nitrogens with zero attached hydrogens (tertiary/aromatic N) is 13. The third-order valence-corrected chi connectivity index (χ3v) is 15.2. The summed E-state index contributed by atoms with van der Waals surface area (Å²) in [4.78, 5) is 46.8. The van der Waals surface area contributed by atoms with E-state index in [2.05, 4.69) is 48.5 Å². The Morgan fingerprint density at radius 2 is 1.68 bits per heavy atom. The van der Waals surface area contributed by atoms with Crippen molar-refractivity contribution >= 4 is 40.0 Å². The number of fused-ring (bicyclic) bond motifs is 4. The number of imide groups is 1. The normalized spacial score (nSPS) is 24.2. The molecule has 6 aliphatic rings. The molecule has 0 radical (unpaired) electrons. The van der Waals surface area contributed by atoms with E-state index in [0.29, 0.717) is 35.4 Å². The molecule has 0 spiro atoms. The summed E-state index contributed by atoms with van der Waals surface area (Å²) < 4.78 is 58.7. The summed E-state index contributed by atoms with van der Waals surface area (Å²) in [6, 6.07) is 13.1. The molecular formula is C49H51F3N14O3. The highest BCUT2D eigenvalue weighted by Gasteiger charge is 2.48. The fourth-order valence-electron chi connectivity index (χ4n) is 11.5. The average molecular weight is 941 g/mol. The highest BCUT2D eigenvalue weighted by Crippen LogP contribution is 2.45. The highest BCUT2D eigenvalue weighted by molar-refractivity contribution is 6.08. The molecule has 1 saturated carbocycles. The van der Waals surface area contributed by atoms with Gasteiger partial charge in [-0.05, 0) is 86.5 Å². The van der Waals surface area contributed by atoms with Gasteiger partial charge in [0.05, 0.1) is 66.6 Å². The molecule has 6 aromatic heterocycles. The summed E-state index contributed by atoms with van der Waals surface area (Å²) in [5, 5.41) is 16.3. The number of benzene rings is 1. The quantitative estimate of drug-likeness (QED) is 0.157. The number of ether oxygens (including phenoxy) is 1. The van der Waals surface area contributed by atoms with E-state index >= 15 is 13.2 Å². The van der Waals surface area contributed by atoms with E-state index in [-0.39, 0.29) is 42.9 Å². The molecule has 5 saturated heterocycles. The van der Waals surface area contributed by atoms with Crippen LogP contribution in [0, 0.1) is 5.82 Å². The maximum absolute atomic E-state index is 16.2. The molecule has 1 N–H and O–H groups in total. The van der Waals surface area contributed by atoms with Crippen LogP contribution in [0.2, 0.25) is 0 Å². The summed E-state index contributed by atoms with van der Waals surface area (Å²) in [7, 11) is 3.26. The predicted octanol–water partition coefficient (Wildman–Crippen LogP) is 6.60. The molecule has 7 aromatic rings. The Kier molecular flexibility index (Phi) is 10.6. The van der Waals surface area contributed by atoms with Gasteiger partial charge in [0.1, 0.15) is 11.6 Å². The third-order valence-electron chi connectivity index (χ3n) is 15.2. The first-order chi connectivity index (χ1) is 33.5. The van der Waals surface area contributed by atoms with E-state index in [0.717, 1.165) is 79.2 Å². The third kappa shape index (κ3) is 7.82. The number of hydrogen-bond donors (Lipinski definition) is 1. The van der Waals surface area contributed by atoms with Gasteiger partial charge in [0.2, 0.25) is 11.8 Å². The van der Waals surface area contributed by atoms with Gasteiger partial charge in [-0.1, -0.05) is 6.07 Å². The van der Waals surface area contributed by atoms with Gasteiger partial charge in [0.25, 0.3) is 5.92 Å². The number of carbonyl (C=O) groups is 2. The number of methoxy groups -OCH3 is 1. The molecule has 1 aromatic carbocycles. The number of amides is 3. The summed E-state index contributed by atoms with van der Waals surface area (Å²) in [5.41, 5.74) is 5.67. The number of pyridine rings is 2. The van der Waals surface area contributed by atoms with Gasteiger partial charge >= 0.3 is 6.03 Å². The number of rotatable bonds is 10. The lowest BCUT2D eigenvalue weighted by molar-refractivity contribution is -0.120. The molecule has 6 fully saturated rings. The molecule has 2 bridgehead atoms. The van der Waals surface area contributed by atoms with Crippen molar-refractivity contribution in [3.63, 3.8) is 0 Å². The second-order valence-corrected chi connectivity index (χ2v) is 19.2. The number of aryl methyl sites for hydroxylation is 1. The predicted molar refractivity (Wildman–Crippen MR) is 250 cm³/mol. The molecule has 3 amide bonds. The number of carbonyl (C=O) groups excluding carboxylic acids is 2. The van der Waals surface area contributed by atoms with E-state index in [1.807, 2.05) is 57.2 Å². The van der Waals surface area contributed by atoms with Crippen LogP contribution in [-0.2, 0) is 18.4 Å². The lowest BCUT2D eigenvalue weighted by Gasteiger charge is -2.56. The Balaban J connectivity index is 0.683. The zero-order valence-corrected chi connectivity index (χ0v) is 38.3. The van der Waals surface area contributed by atoms with Gasteiger partial charge in [-0.3, -0.25) is 34.2 Å². The molecule has 17 nitrogen and oxygen atoms in total. The minimum absolute atomic E-state index is 0.0257. The largest absolute Gasteiger partial charge is 0.481 e. The van der Waals surface area contributed by atoms with Crippen LogP contribution in [-0.4, -0.2) is 130 Å². The Hall–Kier alpha value is -6.93. The second-order valence-electron chi connectivity index (χ2n) is 19.2. The van der Waals surface area contributed by atoms with Crippen molar-refractivity contribution < 1.29 is 27.5 Å². The van der Waals surface area contributed by atoms with Crippen molar-refractivity contribution in [1.29, 1.82) is 0 Å². The highest BCUT2D eigenvalue weighted by atomic mass is 19.3. The molecule has 20 heteroatoms. The number of anilines is 2. The van der Waals surface area contributed by atoms with Gasteiger partial charge in [0, 0.05) is 98.9 Å². The molecule has 1 aliphatic carbocycles. The number of piperazine rings is 1. The molecule has 13 rings (SSSR count). The molecule has 5 aliphatic heterocycles. The average Bonchev–Trinajstić information content (AvgIpc) is 4.13. The summed E-state index contributed by atoms with van der Waals surface area (Å²) in [6.07, 6.45) is 15.7. The van der Waals surface area contributed by atoms with Crippen molar-refractivity contribution in [2.45, 2.75) is 87.5 Å². The molecule has 3 atom stereocenters. The zero-order valence-electron chi connectivity index (χ0n) is 38.3. The Morgan fingerprint density at radius 3 is 2.42 bits per heavy atom. The lowest BCUT2D eigenvalue weighted by Crippen LogP contribution is -2.68. The second kappa shape index (κ2) is 16.9. The van der Waals surface area contributed by atoms with Crippen LogP contribution >= 0.6 is 0 Å². The summed E-state index contributed by atoms with van der Waals surface area (Å²) in [6.45, 7) is 2.75. The van der Waals surface area contributed by atoms with Crippen molar-refractivity contribution in [2.75, 3.05) is 49.6 Å². The maximum Gasteiger partial charge on any atom is 0.329 e. The van der Waals surface area contributed by atoms with Crippen molar-refractivity contribution in [1.82, 2.24) is 59.2 Å². The van der Waals surface area contributed by atoms with Crippen molar-refractivity contribution in [3.8, 4) is 28.4 Å². The SMILES string of the molecule is COc1ccc(CN2C3CC2CN(c2ccc(-c4nc(-c5cnn(C6CCC(N7CCC(c8cc9c(cc8F)c(N8CCC(=O)NC8=O)nn9C)C(F)(F)C7)CC6)c5)cn5nccc45)cn2)C3)cn1. The van der Waals surface area contributed by atoms with Crippen LogP contribution < -0.4 is 19.9 Å². The Morgan fingerprint density at radius 1 is 0.855 bits per heavy atom. The van der Waals surface area contributed by atoms with E-state index in [9.17, 15) is 9.59 Å². The van der Waals surface area contributed by atoms with Crippen molar-refractivity contribution in [3.05, 3.63) is 96.6 Å². The zero-order chi connectivity index (χ0) is 47.1. The number of aromatic nitrogens is 9. The first-order valence-corrected chi connectivity index (χ1v) is 23.7. The van der Waals surface area contributed by atoms with Gasteiger partial charge in [-0.25, -0.2) is 37.4 Å². The fraction of sp³-hybridized carbons (Fsp3) is 0.429. The molecule has 356 valence electrons. The number of piperidine rings is 2. The van der Waals surface area contributed by atoms with Gasteiger partial charge in [-0.2, -0.15) is 15.3 Å². The molecule has 69 heavy (non-hydrogen) atoms. The van der Waals surface area contributed by atoms with Gasteiger partial charge in [-0.15, -0.1) is 0 Å². The minimum Gasteiger partial charge on any atom is -0.481 e. The molecular weight excluding hydrogens is 890 g/mol. The van der Waals surface area contributed by atoms with E-state index in [1.54, 1.807) is 20.4 Å². The summed E-state index contributed by atoms with van der Waals surface area (Å²) in [5.74, 6) is -3.90. The maximum atomic E-state index is 16.2. The Labute approximate surface area is 394 Å². The van der Waals surface area contributed by atoms with Crippen LogP contribution in [0.25, 0.3) is 38.9 Å². The van der Waals surface area contributed by atoms with Crippen LogP contribution in [0.4, 0.5) is 29.6 Å². The number of likely N-dealkylation sites (tertiary alicyclic amines) is 1. The number of hydrogen-bond acceptors (Lipinski definition) is 12. The monoisotopic (exact) mass is 940 g/mol. The van der Waals surface area contributed by atoms with E-state index in [4.69, 9.17) is 19.8 Å². The first kappa shape index (κ1) is 43.4. The number of urea groups is 1. The topological polar surface area (TPSA) is 160 Å². The molecule has 3 unspecified atom stereocenters. The minimum atomic E-state index is -3.18. The van der Waals surface area contributed by atoms with Crippen LogP contribution in [0.3, 0.4) is 0 Å². The number of nitrogens with one attached hydrogen (secondary N) is 1. The number of alkyl halides is 2. The van der Waals surface area contributed by atoms with E-state index < -0.39 is 36.1 Å². The van der Waals surface area contributed by atoms with Crippen LogP contribution in [0.5, 0.6) is 5.88 Å². The fourth-order valence-corrected chi connectivity index (χ4v) is 11.5. The Bertz CT molecular complexity index is 3080. The van der Waals surface area contributed by atoms with Crippen LogP contribution in [0.1, 0.15) is 68.0 Å². The lowest BCUT2D eigenvalue weighted by atomic mass is 9.83. The van der Waals surface area contributed by atoms with Gasteiger partial charge in [0.15, 0.2) is 5.82 Å². The standard InChI is InChI=1S/C49H51F3N14O3/c1-60-42-19-36(39(50)18-37(42)47(59-60)63-16-13-44(67)58-48(63)68)38-12-15-61(28-49(38,51)52)32-5-7-33(8-6-32)65-24-31(22-56-65)40-27-66-41(11-14-55-66)46(57-40)30-4-9-43(53-21-30)62-25-34-17-35(26-62)64(34)23-29-3-10-45(69-2)54-20-29/h3-4,9-11,14,18-22,24,27,32-35,38H,5-8,12-13,15-17,23,25-26,28H2,1-2H3,(H,58,67,68). The van der Waals surface area contributed by atoms with Gasteiger partial charge < -0.3 is 9.64 Å². The van der Waals surface area contributed by atoms with E-state index in [1.165, 1.54) is 33.7 Å². The van der Waals surface area contributed by atoms with Crippen molar-refractivity contribution in [2.24, 2.45) is 7.05 Å². The van der Waals surface area contributed by atoms with Crippen LogP contribution in [0.15, 0.2) is 79.6 Å². The smallest absolute Gasteiger partial charge is 0.329 e. The molecule has 11 heterocycles. The number of halogens is 3. The first-order valence-electron chi connectivity index (χ1n) is 23.7.